The quantitative estimate of drug-likeness (QED) is 0.545. The van der Waals surface area contributed by atoms with E-state index in [1.165, 1.54) is 51.9 Å². The molecule has 0 aliphatic carbocycles. The predicted molar refractivity (Wildman–Crippen MR) is 87.2 cm³/mol. The standard InChI is InChI=1S/C18H31NO2/c1-3-4-5-6-7-8-9-10-11-12-18(21)17-14-13-16(19-17)15(2)20/h13,17,19H,3-12,14H2,1-2H3. The molecule has 1 rings (SSSR count). The summed E-state index contributed by atoms with van der Waals surface area (Å²) in [6.07, 6.45) is 14.6. The third-order valence-corrected chi connectivity index (χ3v) is 4.18. The van der Waals surface area contributed by atoms with Crippen molar-refractivity contribution in [2.75, 3.05) is 0 Å². The van der Waals surface area contributed by atoms with Crippen LogP contribution in [-0.4, -0.2) is 17.6 Å². The summed E-state index contributed by atoms with van der Waals surface area (Å²) in [6.45, 7) is 3.78. The fraction of sp³-hybridized carbons (Fsp3) is 0.778. The first kappa shape index (κ1) is 17.9. The van der Waals surface area contributed by atoms with Crippen molar-refractivity contribution < 1.29 is 9.59 Å². The third kappa shape index (κ3) is 7.45. The van der Waals surface area contributed by atoms with Crippen LogP contribution in [-0.2, 0) is 9.59 Å². The van der Waals surface area contributed by atoms with Gasteiger partial charge in [-0.2, -0.15) is 0 Å². The lowest BCUT2D eigenvalue weighted by Crippen LogP contribution is -2.32. The molecular weight excluding hydrogens is 262 g/mol. The number of allylic oxidation sites excluding steroid dienone is 1. The van der Waals surface area contributed by atoms with E-state index in [4.69, 9.17) is 0 Å². The Morgan fingerprint density at radius 1 is 1.05 bits per heavy atom. The van der Waals surface area contributed by atoms with Gasteiger partial charge >= 0.3 is 0 Å². The lowest BCUT2D eigenvalue weighted by Gasteiger charge is -2.11. The molecule has 21 heavy (non-hydrogen) atoms. The van der Waals surface area contributed by atoms with Crippen molar-refractivity contribution in [3.05, 3.63) is 11.8 Å². The zero-order valence-corrected chi connectivity index (χ0v) is 13.7. The average molecular weight is 293 g/mol. The van der Waals surface area contributed by atoms with Crippen molar-refractivity contribution in [1.29, 1.82) is 0 Å². The summed E-state index contributed by atoms with van der Waals surface area (Å²) < 4.78 is 0. The second-order valence-corrected chi connectivity index (χ2v) is 6.15. The van der Waals surface area contributed by atoms with E-state index in [9.17, 15) is 9.59 Å². The van der Waals surface area contributed by atoms with Gasteiger partial charge in [-0.25, -0.2) is 0 Å². The minimum atomic E-state index is -0.155. The summed E-state index contributed by atoms with van der Waals surface area (Å²) in [5.41, 5.74) is 0.612. The molecule has 3 heteroatoms. The van der Waals surface area contributed by atoms with Crippen LogP contribution < -0.4 is 5.32 Å². The van der Waals surface area contributed by atoms with Crippen LogP contribution >= 0.6 is 0 Å². The van der Waals surface area contributed by atoms with Crippen LogP contribution in [0.25, 0.3) is 0 Å². The zero-order valence-electron chi connectivity index (χ0n) is 13.7. The molecule has 0 amide bonds. The minimum Gasteiger partial charge on any atom is -0.372 e. The summed E-state index contributed by atoms with van der Waals surface area (Å²) in [6, 6.07) is -0.155. The first-order chi connectivity index (χ1) is 10.1. The summed E-state index contributed by atoms with van der Waals surface area (Å²) >= 11 is 0. The molecule has 1 N–H and O–H groups in total. The molecule has 0 aromatic rings. The van der Waals surface area contributed by atoms with Gasteiger partial charge in [0.15, 0.2) is 11.6 Å². The Labute approximate surface area is 129 Å². The molecule has 0 bridgehead atoms. The Hall–Kier alpha value is -1.12. The van der Waals surface area contributed by atoms with Gasteiger partial charge in [0.25, 0.3) is 0 Å². The Bertz CT molecular complexity index is 360. The van der Waals surface area contributed by atoms with E-state index in [0.717, 1.165) is 12.8 Å². The number of nitrogens with one attached hydrogen (secondary N) is 1. The van der Waals surface area contributed by atoms with Crippen LogP contribution in [0.1, 0.15) is 84.5 Å². The molecule has 0 spiro atoms. The molecular formula is C18H31NO2. The largest absolute Gasteiger partial charge is 0.372 e. The van der Waals surface area contributed by atoms with Crippen LogP contribution in [0.5, 0.6) is 0 Å². The van der Waals surface area contributed by atoms with Crippen molar-refractivity contribution in [2.45, 2.75) is 90.5 Å². The van der Waals surface area contributed by atoms with Gasteiger partial charge in [-0.15, -0.1) is 0 Å². The van der Waals surface area contributed by atoms with Crippen LogP contribution in [0.3, 0.4) is 0 Å². The summed E-state index contributed by atoms with van der Waals surface area (Å²) in [5.74, 6) is 0.277. The van der Waals surface area contributed by atoms with Crippen molar-refractivity contribution >= 4 is 11.6 Å². The maximum absolute atomic E-state index is 12.0. The van der Waals surface area contributed by atoms with Gasteiger partial charge in [0.1, 0.15) is 0 Å². The molecule has 0 radical (unpaired) electrons. The van der Waals surface area contributed by atoms with Crippen molar-refractivity contribution in [1.82, 2.24) is 5.32 Å². The Kier molecular flexibility index (Phi) is 9.04. The Balaban J connectivity index is 1.96. The topological polar surface area (TPSA) is 46.2 Å². The highest BCUT2D eigenvalue weighted by molar-refractivity contribution is 5.95. The van der Waals surface area contributed by atoms with Gasteiger partial charge in [0.05, 0.1) is 11.7 Å². The first-order valence-electron chi connectivity index (χ1n) is 8.65. The van der Waals surface area contributed by atoms with Crippen LogP contribution in [0.15, 0.2) is 11.8 Å². The van der Waals surface area contributed by atoms with Gasteiger partial charge in [-0.3, -0.25) is 9.59 Å². The van der Waals surface area contributed by atoms with E-state index in [-0.39, 0.29) is 17.6 Å². The van der Waals surface area contributed by atoms with Crippen molar-refractivity contribution in [3.63, 3.8) is 0 Å². The smallest absolute Gasteiger partial charge is 0.175 e. The van der Waals surface area contributed by atoms with Gasteiger partial charge in [0.2, 0.25) is 0 Å². The number of Topliss-reactive ketones (excluding diaryl/α,β-unsaturated/α-hetero) is 2. The number of carbonyl (C=O) groups is 2. The molecule has 0 saturated heterocycles. The van der Waals surface area contributed by atoms with E-state index in [1.54, 1.807) is 0 Å². The normalized spacial score (nSPS) is 17.4. The summed E-state index contributed by atoms with van der Waals surface area (Å²) in [7, 11) is 0. The first-order valence-corrected chi connectivity index (χ1v) is 8.65. The van der Waals surface area contributed by atoms with Crippen LogP contribution in [0.2, 0.25) is 0 Å². The molecule has 0 saturated carbocycles. The zero-order chi connectivity index (χ0) is 15.5. The Morgan fingerprint density at radius 3 is 2.14 bits per heavy atom. The molecule has 0 fully saturated rings. The number of rotatable bonds is 12. The Morgan fingerprint density at radius 2 is 1.62 bits per heavy atom. The average Bonchev–Trinajstić information content (AvgIpc) is 2.95. The fourth-order valence-corrected chi connectivity index (χ4v) is 2.78. The van der Waals surface area contributed by atoms with Gasteiger partial charge in [-0.05, 0) is 12.8 Å². The van der Waals surface area contributed by atoms with E-state index in [1.807, 2.05) is 6.08 Å². The number of hydrogen-bond acceptors (Lipinski definition) is 3. The molecule has 1 aliphatic rings. The number of ketones is 2. The SMILES string of the molecule is CCCCCCCCCCCC(=O)C1CC=C(C(C)=O)N1. The number of hydrogen-bond donors (Lipinski definition) is 1. The molecule has 0 aromatic carbocycles. The van der Waals surface area contributed by atoms with Gasteiger partial charge in [0, 0.05) is 13.3 Å². The highest BCUT2D eigenvalue weighted by Crippen LogP contribution is 2.15. The third-order valence-electron chi connectivity index (χ3n) is 4.18. The summed E-state index contributed by atoms with van der Waals surface area (Å²) in [4.78, 5) is 23.2. The number of carbonyl (C=O) groups excluding carboxylic acids is 2. The van der Waals surface area contributed by atoms with Crippen LogP contribution in [0, 0.1) is 0 Å². The molecule has 1 aliphatic heterocycles. The predicted octanol–water partition coefficient (Wildman–Crippen LogP) is 4.31. The second kappa shape index (κ2) is 10.6. The van der Waals surface area contributed by atoms with Crippen LogP contribution in [0.4, 0.5) is 0 Å². The van der Waals surface area contributed by atoms with Gasteiger partial charge < -0.3 is 5.32 Å². The van der Waals surface area contributed by atoms with E-state index < -0.39 is 0 Å². The lowest BCUT2D eigenvalue weighted by atomic mass is 10.0. The highest BCUT2D eigenvalue weighted by atomic mass is 16.1. The maximum Gasteiger partial charge on any atom is 0.175 e. The molecule has 120 valence electrons. The molecule has 1 unspecified atom stereocenters. The molecule has 1 heterocycles. The maximum atomic E-state index is 12.0. The lowest BCUT2D eigenvalue weighted by molar-refractivity contribution is -0.120. The van der Waals surface area contributed by atoms with E-state index >= 15 is 0 Å². The molecule has 3 nitrogen and oxygen atoms in total. The second-order valence-electron chi connectivity index (χ2n) is 6.15. The number of unbranched alkanes of at least 4 members (excludes halogenated alkanes) is 8. The highest BCUT2D eigenvalue weighted by Gasteiger charge is 2.23. The monoisotopic (exact) mass is 293 g/mol. The molecule has 1 atom stereocenters. The minimum absolute atomic E-state index is 0.0216. The van der Waals surface area contributed by atoms with Crippen molar-refractivity contribution in [3.8, 4) is 0 Å². The molecule has 0 aromatic heterocycles. The van der Waals surface area contributed by atoms with E-state index in [0.29, 0.717) is 18.5 Å². The van der Waals surface area contributed by atoms with E-state index in [2.05, 4.69) is 12.2 Å². The van der Waals surface area contributed by atoms with Crippen molar-refractivity contribution in [2.24, 2.45) is 0 Å². The fourth-order valence-electron chi connectivity index (χ4n) is 2.78. The van der Waals surface area contributed by atoms with Gasteiger partial charge in [-0.1, -0.05) is 64.4 Å². The summed E-state index contributed by atoms with van der Waals surface area (Å²) in [5, 5.41) is 3.03.